The summed E-state index contributed by atoms with van der Waals surface area (Å²) in [7, 11) is 0. The van der Waals surface area contributed by atoms with Crippen LogP contribution in [0.15, 0.2) is 0 Å². The van der Waals surface area contributed by atoms with Crippen molar-refractivity contribution in [2.45, 2.75) is 38.4 Å². The Morgan fingerprint density at radius 3 is 2.69 bits per heavy atom. The van der Waals surface area contributed by atoms with Crippen molar-refractivity contribution in [1.82, 2.24) is 4.90 Å². The summed E-state index contributed by atoms with van der Waals surface area (Å²) in [6.45, 7) is 6.71. The van der Waals surface area contributed by atoms with Gasteiger partial charge in [0.1, 0.15) is 0 Å². The number of piperidine rings is 1. The molecule has 0 saturated carbocycles. The molecule has 2 saturated heterocycles. The lowest BCUT2D eigenvalue weighted by molar-refractivity contribution is -0.0424. The lowest BCUT2D eigenvalue weighted by Crippen LogP contribution is -2.38. The third-order valence-electron chi connectivity index (χ3n) is 3.29. The summed E-state index contributed by atoms with van der Waals surface area (Å²) in [6, 6.07) is 0. The Morgan fingerprint density at radius 1 is 1.25 bits per heavy atom. The van der Waals surface area contributed by atoms with E-state index in [1.165, 1.54) is 0 Å². The maximum absolute atomic E-state index is 6.02. The molecule has 1 atom stereocenters. The summed E-state index contributed by atoms with van der Waals surface area (Å²) in [5.41, 5.74) is 0. The minimum atomic E-state index is 0.354. The number of hydrogen-bond donors (Lipinski definition) is 0. The van der Waals surface area contributed by atoms with Gasteiger partial charge in [0.15, 0.2) is 0 Å². The van der Waals surface area contributed by atoms with Gasteiger partial charge in [-0.2, -0.15) is 0 Å². The van der Waals surface area contributed by atoms with Crippen molar-refractivity contribution in [1.29, 1.82) is 0 Å². The second-order valence-corrected chi connectivity index (χ2v) is 4.52. The van der Waals surface area contributed by atoms with Crippen LogP contribution >= 0.6 is 0 Å². The van der Waals surface area contributed by atoms with Crippen LogP contribution in [0, 0.1) is 11.8 Å². The van der Waals surface area contributed by atoms with Crippen LogP contribution in [-0.4, -0.2) is 50.0 Å². The molecule has 0 spiro atoms. The van der Waals surface area contributed by atoms with Crippen LogP contribution in [0.3, 0.4) is 0 Å². The van der Waals surface area contributed by atoms with Crippen molar-refractivity contribution >= 4 is 0 Å². The topological polar surface area (TPSA) is 21.7 Å². The zero-order chi connectivity index (χ0) is 11.2. The molecule has 0 bridgehead atoms. The molecule has 3 nitrogen and oxygen atoms in total. The van der Waals surface area contributed by atoms with E-state index in [2.05, 4.69) is 16.7 Å². The Morgan fingerprint density at radius 2 is 2.06 bits per heavy atom. The lowest BCUT2D eigenvalue weighted by atomic mass is 10.1. The van der Waals surface area contributed by atoms with Crippen LogP contribution < -0.4 is 0 Å². The minimum Gasteiger partial charge on any atom is -0.379 e. The number of ether oxygens (including phenoxy) is 2. The van der Waals surface area contributed by atoms with Crippen LogP contribution in [0.5, 0.6) is 0 Å². The third-order valence-corrected chi connectivity index (χ3v) is 3.29. The van der Waals surface area contributed by atoms with Gasteiger partial charge in [0.05, 0.1) is 25.4 Å². The zero-order valence-electron chi connectivity index (χ0n) is 10.1. The maximum Gasteiger partial charge on any atom is 0.0834 e. The third kappa shape index (κ3) is 3.48. The van der Waals surface area contributed by atoms with Crippen LogP contribution in [0.4, 0.5) is 0 Å². The van der Waals surface area contributed by atoms with Gasteiger partial charge in [-0.3, -0.25) is 4.90 Å². The van der Waals surface area contributed by atoms with E-state index < -0.39 is 0 Å². The second-order valence-electron chi connectivity index (χ2n) is 4.52. The first-order chi connectivity index (χ1) is 7.88. The fraction of sp³-hybridized carbons (Fsp3) is 0.846. The molecule has 2 aliphatic rings. The van der Waals surface area contributed by atoms with Gasteiger partial charge in [-0.05, 0) is 26.2 Å². The Labute approximate surface area is 98.1 Å². The van der Waals surface area contributed by atoms with Gasteiger partial charge < -0.3 is 9.47 Å². The summed E-state index contributed by atoms with van der Waals surface area (Å²) in [6.07, 6.45) is 4.15. The standard InChI is InChI=1S/C13H21NO2/c1-2-3-7-14-8-4-12(5-9-14)16-13-6-10-15-11-13/h12-13H,4-11H2,1H3/t13-/m0/s1. The van der Waals surface area contributed by atoms with Gasteiger partial charge in [0, 0.05) is 19.7 Å². The molecule has 90 valence electrons. The fourth-order valence-electron chi connectivity index (χ4n) is 2.29. The van der Waals surface area contributed by atoms with E-state index in [1.54, 1.807) is 0 Å². The predicted octanol–water partition coefficient (Wildman–Crippen LogP) is 1.28. The normalized spacial score (nSPS) is 27.7. The predicted molar refractivity (Wildman–Crippen MR) is 63.2 cm³/mol. The quantitative estimate of drug-likeness (QED) is 0.673. The molecule has 2 heterocycles. The van der Waals surface area contributed by atoms with E-state index in [4.69, 9.17) is 9.47 Å². The molecule has 0 aromatic heterocycles. The van der Waals surface area contributed by atoms with Crippen LogP contribution in [0.25, 0.3) is 0 Å². The van der Waals surface area contributed by atoms with Gasteiger partial charge >= 0.3 is 0 Å². The molecular formula is C13H21NO2. The first kappa shape index (κ1) is 11.9. The molecule has 0 unspecified atom stereocenters. The number of likely N-dealkylation sites (tertiary alicyclic amines) is 1. The number of rotatable bonds is 3. The van der Waals surface area contributed by atoms with Crippen LogP contribution in [0.1, 0.15) is 26.2 Å². The van der Waals surface area contributed by atoms with Gasteiger partial charge in [-0.15, -0.1) is 5.92 Å². The van der Waals surface area contributed by atoms with Gasteiger partial charge in [-0.1, -0.05) is 5.92 Å². The summed E-state index contributed by atoms with van der Waals surface area (Å²) >= 11 is 0. The molecule has 2 aliphatic heterocycles. The Balaban J connectivity index is 1.65. The maximum atomic E-state index is 6.02. The summed E-state index contributed by atoms with van der Waals surface area (Å²) in [5.74, 6) is 6.07. The largest absolute Gasteiger partial charge is 0.379 e. The van der Waals surface area contributed by atoms with Crippen LogP contribution in [0.2, 0.25) is 0 Å². The Hall–Kier alpha value is -0.560. The van der Waals surface area contributed by atoms with E-state index >= 15 is 0 Å². The summed E-state index contributed by atoms with van der Waals surface area (Å²) < 4.78 is 11.3. The van der Waals surface area contributed by atoms with E-state index in [0.29, 0.717) is 12.2 Å². The molecule has 2 rings (SSSR count). The molecule has 0 N–H and O–H groups in total. The monoisotopic (exact) mass is 223 g/mol. The highest BCUT2D eigenvalue weighted by Gasteiger charge is 2.24. The molecular weight excluding hydrogens is 202 g/mol. The van der Waals surface area contributed by atoms with Gasteiger partial charge in [-0.25, -0.2) is 0 Å². The lowest BCUT2D eigenvalue weighted by Gasteiger charge is -2.31. The van der Waals surface area contributed by atoms with Crippen molar-refractivity contribution in [3.8, 4) is 11.8 Å². The molecule has 0 aliphatic carbocycles. The first-order valence-electron chi connectivity index (χ1n) is 6.23. The molecule has 0 radical (unpaired) electrons. The van der Waals surface area contributed by atoms with E-state index in [0.717, 1.165) is 52.1 Å². The van der Waals surface area contributed by atoms with Crippen molar-refractivity contribution in [2.24, 2.45) is 0 Å². The highest BCUT2D eigenvalue weighted by Crippen LogP contribution is 2.18. The van der Waals surface area contributed by atoms with Crippen molar-refractivity contribution in [3.05, 3.63) is 0 Å². The Bertz CT molecular complexity index is 255. The minimum absolute atomic E-state index is 0.354. The molecule has 3 heteroatoms. The first-order valence-corrected chi connectivity index (χ1v) is 6.23. The highest BCUT2D eigenvalue weighted by molar-refractivity contribution is 4.98. The van der Waals surface area contributed by atoms with Crippen molar-refractivity contribution in [3.63, 3.8) is 0 Å². The second kappa shape index (κ2) is 6.24. The molecule has 16 heavy (non-hydrogen) atoms. The Kier molecular flexibility index (Phi) is 4.65. The van der Waals surface area contributed by atoms with E-state index in [-0.39, 0.29) is 0 Å². The number of hydrogen-bond acceptors (Lipinski definition) is 3. The SMILES string of the molecule is CC#CCN1CCC(O[C@H]2CCOC2)CC1. The van der Waals surface area contributed by atoms with Gasteiger partial charge in [0.2, 0.25) is 0 Å². The molecule has 0 amide bonds. The van der Waals surface area contributed by atoms with E-state index in [1.807, 2.05) is 6.92 Å². The summed E-state index contributed by atoms with van der Waals surface area (Å²) in [4.78, 5) is 2.40. The molecule has 0 aromatic rings. The summed E-state index contributed by atoms with van der Waals surface area (Å²) in [5, 5.41) is 0. The van der Waals surface area contributed by atoms with Crippen molar-refractivity contribution in [2.75, 3.05) is 32.8 Å². The highest BCUT2D eigenvalue weighted by atomic mass is 16.5. The van der Waals surface area contributed by atoms with Crippen molar-refractivity contribution < 1.29 is 9.47 Å². The van der Waals surface area contributed by atoms with Gasteiger partial charge in [0.25, 0.3) is 0 Å². The average molecular weight is 223 g/mol. The van der Waals surface area contributed by atoms with Crippen LogP contribution in [-0.2, 0) is 9.47 Å². The molecule has 0 aromatic carbocycles. The zero-order valence-corrected chi connectivity index (χ0v) is 10.1. The average Bonchev–Trinajstić information content (AvgIpc) is 2.81. The fourth-order valence-corrected chi connectivity index (χ4v) is 2.29. The number of nitrogens with zero attached hydrogens (tertiary/aromatic N) is 1. The van der Waals surface area contributed by atoms with E-state index in [9.17, 15) is 0 Å². The smallest absolute Gasteiger partial charge is 0.0834 e. The molecule has 2 fully saturated rings.